The van der Waals surface area contributed by atoms with Crippen LogP contribution in [0.25, 0.3) is 0 Å². The van der Waals surface area contributed by atoms with Crippen molar-refractivity contribution in [3.8, 4) is 11.5 Å². The van der Waals surface area contributed by atoms with Crippen LogP contribution >= 0.6 is 11.6 Å². The Morgan fingerprint density at radius 2 is 2.00 bits per heavy atom. The summed E-state index contributed by atoms with van der Waals surface area (Å²) in [6.45, 7) is 0.343. The number of anilines is 1. The third-order valence-electron chi connectivity index (χ3n) is 3.63. The van der Waals surface area contributed by atoms with E-state index in [-0.39, 0.29) is 5.91 Å². The Morgan fingerprint density at radius 1 is 1.12 bits per heavy atom. The van der Waals surface area contributed by atoms with Crippen molar-refractivity contribution in [2.24, 2.45) is 0 Å². The number of ether oxygens (including phenoxy) is 2. The molecule has 0 fully saturated rings. The molecule has 0 saturated heterocycles. The van der Waals surface area contributed by atoms with E-state index in [0.717, 1.165) is 5.56 Å². The number of hydrogen-bond acceptors (Lipinski definition) is 4. The predicted octanol–water partition coefficient (Wildman–Crippen LogP) is 4.57. The van der Waals surface area contributed by atoms with Crippen LogP contribution < -0.4 is 14.8 Å². The fraction of sp³-hybridized carbons (Fsp3) is 0.100. The van der Waals surface area contributed by atoms with Gasteiger partial charge in [-0.1, -0.05) is 23.7 Å². The van der Waals surface area contributed by atoms with Crippen LogP contribution in [0.5, 0.6) is 11.5 Å². The average Bonchev–Trinajstić information content (AvgIpc) is 2.67. The highest BCUT2D eigenvalue weighted by Crippen LogP contribution is 2.31. The summed E-state index contributed by atoms with van der Waals surface area (Å²) < 4.78 is 11.1. The maximum absolute atomic E-state index is 12.4. The largest absolute Gasteiger partial charge is 0.493 e. The van der Waals surface area contributed by atoms with Gasteiger partial charge >= 0.3 is 0 Å². The predicted molar refractivity (Wildman–Crippen MR) is 101 cm³/mol. The molecule has 0 spiro atoms. The molecule has 0 bridgehead atoms. The molecule has 3 aromatic rings. The fourth-order valence-corrected chi connectivity index (χ4v) is 2.54. The highest BCUT2D eigenvalue weighted by Gasteiger charge is 2.10. The molecule has 6 heteroatoms. The minimum Gasteiger partial charge on any atom is -0.493 e. The topological polar surface area (TPSA) is 60.5 Å². The van der Waals surface area contributed by atoms with Gasteiger partial charge in [0.15, 0.2) is 11.5 Å². The summed E-state index contributed by atoms with van der Waals surface area (Å²) in [7, 11) is 1.57. The lowest BCUT2D eigenvalue weighted by Gasteiger charge is -2.13. The maximum atomic E-state index is 12.4. The summed E-state index contributed by atoms with van der Waals surface area (Å²) in [6, 6.07) is 15.7. The summed E-state index contributed by atoms with van der Waals surface area (Å²) in [6.07, 6.45) is 3.44. The van der Waals surface area contributed by atoms with E-state index < -0.39 is 0 Å². The van der Waals surface area contributed by atoms with E-state index in [1.807, 2.05) is 12.1 Å². The monoisotopic (exact) mass is 368 g/mol. The summed E-state index contributed by atoms with van der Waals surface area (Å²) in [4.78, 5) is 16.4. The van der Waals surface area contributed by atoms with Gasteiger partial charge in [-0.3, -0.25) is 9.78 Å². The number of aromatic nitrogens is 1. The standard InChI is InChI=1S/C20H17ClN2O3/c1-25-18-8-7-17(23-20(24)15-5-2-6-16(21)10-15)11-19(18)26-13-14-4-3-9-22-12-14/h2-12H,13H2,1H3,(H,23,24). The van der Waals surface area contributed by atoms with E-state index in [4.69, 9.17) is 21.1 Å². The van der Waals surface area contributed by atoms with Crippen LogP contribution in [-0.4, -0.2) is 18.0 Å². The zero-order valence-corrected chi connectivity index (χ0v) is 14.9. The van der Waals surface area contributed by atoms with E-state index in [1.165, 1.54) is 0 Å². The zero-order chi connectivity index (χ0) is 18.4. The van der Waals surface area contributed by atoms with Crippen LogP contribution in [-0.2, 0) is 6.61 Å². The van der Waals surface area contributed by atoms with Gasteiger partial charge in [-0.05, 0) is 36.4 Å². The Hall–Kier alpha value is -3.05. The summed E-state index contributed by atoms with van der Waals surface area (Å²) >= 11 is 5.93. The summed E-state index contributed by atoms with van der Waals surface area (Å²) in [5.74, 6) is 0.853. The molecule has 26 heavy (non-hydrogen) atoms. The van der Waals surface area contributed by atoms with Crippen LogP contribution in [0.2, 0.25) is 5.02 Å². The highest BCUT2D eigenvalue weighted by atomic mass is 35.5. The van der Waals surface area contributed by atoms with Gasteiger partial charge in [0.05, 0.1) is 7.11 Å². The molecule has 0 saturated carbocycles. The number of amides is 1. The molecule has 5 nitrogen and oxygen atoms in total. The Labute approximate surface area is 156 Å². The molecule has 1 N–H and O–H groups in total. The highest BCUT2D eigenvalue weighted by molar-refractivity contribution is 6.31. The van der Waals surface area contributed by atoms with Gasteiger partial charge in [-0.25, -0.2) is 0 Å². The van der Waals surface area contributed by atoms with Crippen molar-refractivity contribution in [3.05, 3.63) is 83.1 Å². The third-order valence-corrected chi connectivity index (χ3v) is 3.86. The van der Waals surface area contributed by atoms with Gasteiger partial charge in [-0.15, -0.1) is 0 Å². The Bertz CT molecular complexity index is 901. The first-order chi connectivity index (χ1) is 12.7. The number of nitrogens with one attached hydrogen (secondary N) is 1. The number of methoxy groups -OCH3 is 1. The number of rotatable bonds is 6. The lowest BCUT2D eigenvalue weighted by atomic mass is 10.2. The van der Waals surface area contributed by atoms with E-state index in [9.17, 15) is 4.79 Å². The second-order valence-electron chi connectivity index (χ2n) is 5.48. The van der Waals surface area contributed by atoms with Crippen LogP contribution in [0.4, 0.5) is 5.69 Å². The lowest BCUT2D eigenvalue weighted by Crippen LogP contribution is -2.12. The molecule has 1 aromatic heterocycles. The van der Waals surface area contributed by atoms with Crippen molar-refractivity contribution in [1.82, 2.24) is 4.98 Å². The normalized spacial score (nSPS) is 10.2. The number of pyridine rings is 1. The number of carbonyl (C=O) groups excluding carboxylic acids is 1. The van der Waals surface area contributed by atoms with Gasteiger partial charge in [0.1, 0.15) is 6.61 Å². The average molecular weight is 369 g/mol. The second kappa shape index (κ2) is 8.36. The summed E-state index contributed by atoms with van der Waals surface area (Å²) in [5.41, 5.74) is 2.01. The first-order valence-electron chi connectivity index (χ1n) is 7.92. The molecule has 0 aliphatic rings. The smallest absolute Gasteiger partial charge is 0.255 e. The van der Waals surface area contributed by atoms with Crippen LogP contribution in [0.15, 0.2) is 67.0 Å². The molecular formula is C20H17ClN2O3. The quantitative estimate of drug-likeness (QED) is 0.692. The Balaban J connectivity index is 1.75. The molecule has 0 unspecified atom stereocenters. The Kier molecular flexibility index (Phi) is 5.71. The van der Waals surface area contributed by atoms with Crippen molar-refractivity contribution in [1.29, 1.82) is 0 Å². The van der Waals surface area contributed by atoms with Crippen LogP contribution in [0.1, 0.15) is 15.9 Å². The molecule has 0 radical (unpaired) electrons. The first kappa shape index (κ1) is 17.8. The molecular weight excluding hydrogens is 352 g/mol. The molecule has 0 atom stereocenters. The third kappa shape index (κ3) is 4.52. The van der Waals surface area contributed by atoms with Crippen molar-refractivity contribution >= 4 is 23.2 Å². The first-order valence-corrected chi connectivity index (χ1v) is 8.30. The Morgan fingerprint density at radius 3 is 2.73 bits per heavy atom. The minimum absolute atomic E-state index is 0.254. The fourth-order valence-electron chi connectivity index (χ4n) is 2.34. The van der Waals surface area contributed by atoms with Crippen molar-refractivity contribution in [2.45, 2.75) is 6.61 Å². The minimum atomic E-state index is -0.254. The van der Waals surface area contributed by atoms with E-state index in [1.54, 1.807) is 62.0 Å². The van der Waals surface area contributed by atoms with Crippen molar-refractivity contribution in [3.63, 3.8) is 0 Å². The zero-order valence-electron chi connectivity index (χ0n) is 14.1. The van der Waals surface area contributed by atoms with E-state index in [2.05, 4.69) is 10.3 Å². The molecule has 1 amide bonds. The second-order valence-corrected chi connectivity index (χ2v) is 5.92. The van der Waals surface area contributed by atoms with Gasteiger partial charge in [0.25, 0.3) is 5.91 Å². The molecule has 1 heterocycles. The number of halogens is 1. The summed E-state index contributed by atoms with van der Waals surface area (Å²) in [5, 5.41) is 3.34. The van der Waals surface area contributed by atoms with E-state index >= 15 is 0 Å². The van der Waals surface area contributed by atoms with Crippen molar-refractivity contribution < 1.29 is 14.3 Å². The number of hydrogen-bond donors (Lipinski definition) is 1. The number of benzene rings is 2. The van der Waals surface area contributed by atoms with Crippen LogP contribution in [0, 0.1) is 0 Å². The molecule has 3 rings (SSSR count). The van der Waals surface area contributed by atoms with Crippen molar-refractivity contribution in [2.75, 3.05) is 12.4 Å². The molecule has 2 aromatic carbocycles. The maximum Gasteiger partial charge on any atom is 0.255 e. The molecule has 0 aliphatic heterocycles. The molecule has 0 aliphatic carbocycles. The number of carbonyl (C=O) groups is 1. The SMILES string of the molecule is COc1ccc(NC(=O)c2cccc(Cl)c2)cc1OCc1cccnc1. The molecule has 132 valence electrons. The van der Waals surface area contributed by atoms with E-state index in [0.29, 0.717) is 34.4 Å². The van der Waals surface area contributed by atoms with Gasteiger partial charge in [0.2, 0.25) is 0 Å². The van der Waals surface area contributed by atoms with Gasteiger partial charge in [-0.2, -0.15) is 0 Å². The van der Waals surface area contributed by atoms with Gasteiger partial charge in [0, 0.05) is 40.3 Å². The lowest BCUT2D eigenvalue weighted by molar-refractivity contribution is 0.102. The van der Waals surface area contributed by atoms with Crippen LogP contribution in [0.3, 0.4) is 0 Å². The van der Waals surface area contributed by atoms with Gasteiger partial charge < -0.3 is 14.8 Å². The number of nitrogens with zero attached hydrogens (tertiary/aromatic N) is 1.